The number of ketones is 1. The molecule has 1 amide bonds. The molecule has 6 aromatic carbocycles. The first-order valence-corrected chi connectivity index (χ1v) is 21.5. The van der Waals surface area contributed by atoms with E-state index in [2.05, 4.69) is 5.32 Å². The Morgan fingerprint density at radius 3 is 1.29 bits per heavy atom. The van der Waals surface area contributed by atoms with Crippen molar-refractivity contribution in [3.63, 3.8) is 0 Å². The first kappa shape index (κ1) is 57.0. The molecule has 0 aliphatic rings. The van der Waals surface area contributed by atoms with E-state index in [0.717, 1.165) is 36.4 Å². The maximum atomic E-state index is 14.2. The predicted molar refractivity (Wildman–Crippen MR) is 244 cm³/mol. The van der Waals surface area contributed by atoms with Crippen LogP contribution in [0.4, 0.5) is 64.1 Å². The quantitative estimate of drug-likeness (QED) is 0.0331. The zero-order valence-electron chi connectivity index (χ0n) is 39.3. The average Bonchev–Trinajstić information content (AvgIpc) is 3.32. The Bertz CT molecular complexity index is 3140. The number of aliphatic hydroxyl groups is 2. The second kappa shape index (κ2) is 20.8. The SMILES string of the molecule is CNc1cc(Oc2cc(NC(=O)c3cc(Oc4ccc(C(C)(C)c5ccc(Oc6ccc(OC=O)c(C(C)=O)c6)cc5)cc4)ccc3C(=O)O)cc(C(O)(C(F)(F)F)C(F)(F)F)c2)cc(C(O)(C(F)(F)F)C(F)(F)F)c1. The van der Waals surface area contributed by atoms with Crippen molar-refractivity contribution < 1.29 is 106 Å². The van der Waals surface area contributed by atoms with Crippen LogP contribution in [0.1, 0.15) is 74.1 Å². The molecule has 13 nitrogen and oxygen atoms in total. The van der Waals surface area contributed by atoms with Gasteiger partial charge in [-0.1, -0.05) is 38.1 Å². The molecule has 0 saturated carbocycles. The van der Waals surface area contributed by atoms with Gasteiger partial charge >= 0.3 is 30.7 Å². The van der Waals surface area contributed by atoms with Crippen molar-refractivity contribution in [2.24, 2.45) is 0 Å². The smallest absolute Gasteiger partial charge is 0.430 e. The Morgan fingerprint density at radius 2 is 0.882 bits per heavy atom. The summed E-state index contributed by atoms with van der Waals surface area (Å²) in [5.41, 5.74) is -17.9. The van der Waals surface area contributed by atoms with Crippen molar-refractivity contribution in [3.05, 3.63) is 160 Å². The van der Waals surface area contributed by atoms with E-state index in [1.807, 2.05) is 19.2 Å². The van der Waals surface area contributed by atoms with Crippen LogP contribution in [0.3, 0.4) is 0 Å². The van der Waals surface area contributed by atoms with Crippen molar-refractivity contribution in [2.75, 3.05) is 17.7 Å². The summed E-state index contributed by atoms with van der Waals surface area (Å²) in [7, 11) is 0.973. The number of Topliss-reactive ketones (excluding diaryl/α,β-unsaturated/α-hetero) is 1. The molecule has 0 saturated heterocycles. The van der Waals surface area contributed by atoms with Crippen LogP contribution in [0.25, 0.3) is 0 Å². The molecular weight excluding hydrogens is 1040 g/mol. The second-order valence-corrected chi connectivity index (χ2v) is 17.0. The van der Waals surface area contributed by atoms with Crippen LogP contribution in [0, 0.1) is 0 Å². The van der Waals surface area contributed by atoms with Crippen LogP contribution in [0.2, 0.25) is 0 Å². The summed E-state index contributed by atoms with van der Waals surface area (Å²) in [5.74, 6) is -5.53. The second-order valence-electron chi connectivity index (χ2n) is 17.0. The number of amides is 1. The van der Waals surface area contributed by atoms with E-state index < -0.39 is 98.3 Å². The van der Waals surface area contributed by atoms with Gasteiger partial charge < -0.3 is 44.9 Å². The molecule has 0 spiro atoms. The highest BCUT2D eigenvalue weighted by Crippen LogP contribution is 2.53. The number of benzene rings is 6. The van der Waals surface area contributed by atoms with Crippen molar-refractivity contribution in [1.82, 2.24) is 0 Å². The minimum atomic E-state index is -6.60. The zero-order valence-corrected chi connectivity index (χ0v) is 39.3. The van der Waals surface area contributed by atoms with Gasteiger partial charge in [0.2, 0.25) is 0 Å². The molecule has 76 heavy (non-hydrogen) atoms. The van der Waals surface area contributed by atoms with Gasteiger partial charge in [0.05, 0.1) is 16.7 Å². The Labute approximate surface area is 421 Å². The normalized spacial score (nSPS) is 12.6. The monoisotopic (exact) mass is 1080 g/mol. The van der Waals surface area contributed by atoms with Gasteiger partial charge in [-0.15, -0.1) is 0 Å². The summed E-state index contributed by atoms with van der Waals surface area (Å²) >= 11 is 0. The Kier molecular flexibility index (Phi) is 15.6. The molecule has 0 unspecified atom stereocenters. The molecule has 0 fully saturated rings. The van der Waals surface area contributed by atoms with E-state index in [0.29, 0.717) is 17.9 Å². The van der Waals surface area contributed by atoms with Crippen LogP contribution < -0.4 is 29.6 Å². The Hall–Kier alpha value is -8.32. The zero-order chi connectivity index (χ0) is 56.6. The van der Waals surface area contributed by atoms with E-state index in [9.17, 15) is 87.2 Å². The van der Waals surface area contributed by atoms with E-state index >= 15 is 0 Å². The van der Waals surface area contributed by atoms with E-state index in [1.165, 1.54) is 37.3 Å². The van der Waals surface area contributed by atoms with E-state index in [4.69, 9.17) is 18.9 Å². The highest BCUT2D eigenvalue weighted by atomic mass is 19.4. The number of carboxylic acids is 1. The summed E-state index contributed by atoms with van der Waals surface area (Å²) in [6.45, 7) is 5.27. The Morgan fingerprint density at radius 1 is 0.487 bits per heavy atom. The minimum Gasteiger partial charge on any atom is -0.478 e. The van der Waals surface area contributed by atoms with Gasteiger partial charge in [-0.05, 0) is 103 Å². The summed E-state index contributed by atoms with van der Waals surface area (Å²) in [4.78, 5) is 49.0. The third-order valence-electron chi connectivity index (χ3n) is 11.7. The molecule has 6 rings (SSSR count). The van der Waals surface area contributed by atoms with Gasteiger partial charge in [-0.25, -0.2) is 4.79 Å². The first-order valence-electron chi connectivity index (χ1n) is 21.5. The lowest BCUT2D eigenvalue weighted by Crippen LogP contribution is -2.54. The predicted octanol–water partition coefficient (Wildman–Crippen LogP) is 12.7. The number of rotatable bonds is 17. The molecule has 5 N–H and O–H groups in total. The van der Waals surface area contributed by atoms with Gasteiger partial charge in [0.25, 0.3) is 23.6 Å². The molecule has 0 aromatic heterocycles. The van der Waals surface area contributed by atoms with Crippen LogP contribution in [-0.4, -0.2) is 71.2 Å². The largest absolute Gasteiger partial charge is 0.478 e. The van der Waals surface area contributed by atoms with E-state index in [-0.39, 0.29) is 65.1 Å². The summed E-state index contributed by atoms with van der Waals surface area (Å²) in [5, 5.41) is 34.3. The molecule has 0 aliphatic carbocycles. The molecular formula is C51H38F12N2O11. The number of halogens is 12. The topological polar surface area (TPSA) is 190 Å². The highest BCUT2D eigenvalue weighted by molar-refractivity contribution is 6.11. The lowest BCUT2D eigenvalue weighted by molar-refractivity contribution is -0.376. The van der Waals surface area contributed by atoms with Crippen LogP contribution in [0.15, 0.2) is 121 Å². The fourth-order valence-electron chi connectivity index (χ4n) is 7.54. The number of carbonyl (C=O) groups excluding carboxylic acids is 3. The van der Waals surface area contributed by atoms with Gasteiger partial charge in [0.1, 0.15) is 40.2 Å². The third kappa shape index (κ3) is 11.5. The molecule has 0 heterocycles. The number of carbonyl (C=O) groups is 4. The minimum absolute atomic E-state index is 0.0553. The van der Waals surface area contributed by atoms with Gasteiger partial charge in [-0.2, -0.15) is 52.7 Å². The van der Waals surface area contributed by atoms with Crippen LogP contribution >= 0.6 is 0 Å². The standard InChI is InChI=1S/C51H38F12N2O11/c1-26(67)40-23-36(14-16-42(40)73-25-66)75-34-11-7-28(8-12-34)45(2,3)27-5-9-33(10-6-27)74-35-13-15-39(44(69)70)41(24-35)43(68)65-32-18-30(47(72,50(58,59)60)51(61,62)63)20-38(22-32)76-37-19-29(17-31(21-37)64-4)46(71,48(52,53)54)49(55,56)57/h5-25,64,71-72H,1-4H3,(H,65,68)(H,69,70). The van der Waals surface area contributed by atoms with Crippen molar-refractivity contribution in [1.29, 1.82) is 0 Å². The number of aromatic carboxylic acids is 1. The number of nitrogens with one attached hydrogen (secondary N) is 2. The highest BCUT2D eigenvalue weighted by Gasteiger charge is 2.72. The maximum absolute atomic E-state index is 14.2. The lowest BCUT2D eigenvalue weighted by Gasteiger charge is -2.33. The number of carboxylic acid groups (broad SMARTS) is 1. The fourth-order valence-corrected chi connectivity index (χ4v) is 7.54. The van der Waals surface area contributed by atoms with Crippen molar-refractivity contribution in [2.45, 2.75) is 62.1 Å². The first-order chi connectivity index (χ1) is 35.1. The number of alkyl halides is 12. The Balaban J connectivity index is 1.30. The van der Waals surface area contributed by atoms with E-state index in [1.54, 1.807) is 36.4 Å². The fraction of sp³-hybridized carbons (Fsp3) is 0.216. The number of hydrogen-bond donors (Lipinski definition) is 5. The van der Waals surface area contributed by atoms with Crippen LogP contribution in [-0.2, 0) is 21.4 Å². The molecule has 0 radical (unpaired) electrons. The van der Waals surface area contributed by atoms with Crippen molar-refractivity contribution in [3.8, 4) is 40.2 Å². The summed E-state index contributed by atoms with van der Waals surface area (Å²) in [6, 6.07) is 21.4. The summed E-state index contributed by atoms with van der Waals surface area (Å²) in [6.07, 6.45) is -26.1. The van der Waals surface area contributed by atoms with Gasteiger partial charge in [-0.3, -0.25) is 14.4 Å². The number of ether oxygens (including phenoxy) is 4. The molecule has 25 heteroatoms. The summed E-state index contributed by atoms with van der Waals surface area (Å²) < 4.78 is 190. The van der Waals surface area contributed by atoms with Gasteiger partial charge in [0.15, 0.2) is 5.78 Å². The number of anilines is 2. The number of hydrogen-bond acceptors (Lipinski definition) is 11. The van der Waals surface area contributed by atoms with Gasteiger partial charge in [0, 0.05) is 47.1 Å². The third-order valence-corrected chi connectivity index (χ3v) is 11.7. The average molecular weight is 1080 g/mol. The van der Waals surface area contributed by atoms with Crippen molar-refractivity contribution >= 4 is 35.5 Å². The molecule has 0 aliphatic heterocycles. The molecule has 6 aromatic rings. The lowest BCUT2D eigenvalue weighted by atomic mass is 9.78. The van der Waals surface area contributed by atoms with Crippen LogP contribution in [0.5, 0.6) is 40.2 Å². The molecule has 0 bridgehead atoms. The molecule has 402 valence electrons. The maximum Gasteiger partial charge on any atom is 0.430 e. The molecule has 0 atom stereocenters.